The van der Waals surface area contributed by atoms with Gasteiger partial charge in [0.05, 0.1) is 0 Å². The molecule has 5 heteroatoms. The summed E-state index contributed by atoms with van der Waals surface area (Å²) in [5.41, 5.74) is 0. The zero-order chi connectivity index (χ0) is 7.82. The summed E-state index contributed by atoms with van der Waals surface area (Å²) >= 11 is 0. The van der Waals surface area contributed by atoms with Crippen molar-refractivity contribution in [3.63, 3.8) is 0 Å². The number of carbonyl (C=O) groups excluding carboxylic acids is 1. The van der Waals surface area contributed by atoms with Gasteiger partial charge in [0.1, 0.15) is 0 Å². The van der Waals surface area contributed by atoms with Crippen LogP contribution in [0.1, 0.15) is 6.92 Å². The molecular weight excluding hydrogens is 169 g/mol. The van der Waals surface area contributed by atoms with Gasteiger partial charge in [-0.25, -0.2) is 0 Å². The normalized spacial score (nSPS) is 6.08. The molecule has 0 bridgehead atoms. The summed E-state index contributed by atoms with van der Waals surface area (Å²) in [6.45, 7) is 0.972. The maximum absolute atomic E-state index is 8.89. The van der Waals surface area contributed by atoms with Gasteiger partial charge in [0.15, 0.2) is 0 Å². The monoisotopic (exact) mass is 179 g/mol. The fourth-order valence-corrected chi connectivity index (χ4v) is 0.313. The number of pyridine rings is 1. The van der Waals surface area contributed by atoms with Crippen LogP contribution in [0.4, 0.5) is 0 Å². The van der Waals surface area contributed by atoms with Crippen LogP contribution >= 0.6 is 0 Å². The van der Waals surface area contributed by atoms with E-state index in [4.69, 9.17) is 9.90 Å². The molecule has 0 amide bonds. The molecule has 0 radical (unpaired) electrons. The van der Waals surface area contributed by atoms with Crippen LogP contribution < -0.4 is 34.7 Å². The number of aliphatic carboxylic acids is 1. The average Bonchev–Trinajstić information content (AvgIpc) is 1.90. The summed E-state index contributed by atoms with van der Waals surface area (Å²) in [7, 11) is 0. The van der Waals surface area contributed by atoms with Gasteiger partial charge in [0, 0.05) is 18.4 Å². The van der Waals surface area contributed by atoms with Gasteiger partial charge in [-0.15, -0.1) is 0 Å². The second-order valence-electron chi connectivity index (χ2n) is 1.52. The van der Waals surface area contributed by atoms with Gasteiger partial charge < -0.3 is 15.4 Å². The maximum atomic E-state index is 8.89. The third kappa shape index (κ3) is 22.7. The van der Waals surface area contributed by atoms with Crippen molar-refractivity contribution in [3.05, 3.63) is 30.6 Å². The Morgan fingerprint density at radius 3 is 1.67 bits per heavy atom. The molecule has 62 valence electrons. The Balaban J connectivity index is -0.000000124. The van der Waals surface area contributed by atoms with Crippen LogP contribution in [0.15, 0.2) is 30.6 Å². The second kappa shape index (κ2) is 13.2. The third-order valence-corrected chi connectivity index (χ3v) is 0.566. The van der Waals surface area contributed by atoms with Crippen molar-refractivity contribution < 1.29 is 44.9 Å². The quantitative estimate of drug-likeness (QED) is 0.380. The molecular formula is C7H10NNaO3. The molecule has 0 aliphatic carbocycles. The molecule has 0 spiro atoms. The molecule has 1 aromatic rings. The van der Waals surface area contributed by atoms with Crippen LogP contribution in [0.3, 0.4) is 0 Å². The number of hydrogen-bond donors (Lipinski definition) is 0. The predicted molar refractivity (Wildman–Crippen MR) is 38.5 cm³/mol. The molecule has 0 saturated carbocycles. The van der Waals surface area contributed by atoms with E-state index in [9.17, 15) is 0 Å². The molecule has 0 unspecified atom stereocenters. The zero-order valence-electron chi connectivity index (χ0n) is 7.15. The molecule has 1 rings (SSSR count). The molecule has 0 fully saturated rings. The van der Waals surface area contributed by atoms with Crippen LogP contribution in [0, 0.1) is 0 Å². The second-order valence-corrected chi connectivity index (χ2v) is 1.52. The van der Waals surface area contributed by atoms with E-state index in [-0.39, 0.29) is 35.0 Å². The van der Waals surface area contributed by atoms with Crippen LogP contribution in [-0.4, -0.2) is 16.4 Å². The predicted octanol–water partition coefficient (Wildman–Crippen LogP) is -3.98. The number of carbonyl (C=O) groups is 1. The molecule has 12 heavy (non-hydrogen) atoms. The molecule has 0 aliphatic heterocycles. The van der Waals surface area contributed by atoms with Crippen molar-refractivity contribution in [2.45, 2.75) is 6.92 Å². The topological polar surface area (TPSA) is 84.5 Å². The first kappa shape index (κ1) is 17.6. The Bertz CT molecular complexity index is 151. The van der Waals surface area contributed by atoms with E-state index in [1.807, 2.05) is 18.2 Å². The number of aromatic nitrogens is 1. The van der Waals surface area contributed by atoms with Gasteiger partial charge >= 0.3 is 29.6 Å². The molecule has 1 heterocycles. The Labute approximate surface area is 93.2 Å². The summed E-state index contributed by atoms with van der Waals surface area (Å²) in [4.78, 5) is 12.7. The summed E-state index contributed by atoms with van der Waals surface area (Å²) < 4.78 is 0. The smallest absolute Gasteiger partial charge is 0.550 e. The number of carboxylic acid groups (broad SMARTS) is 1. The molecule has 1 aromatic heterocycles. The summed E-state index contributed by atoms with van der Waals surface area (Å²) in [6, 6.07) is 5.72. The largest absolute Gasteiger partial charge is 1.00 e. The van der Waals surface area contributed by atoms with E-state index in [2.05, 4.69) is 4.98 Å². The van der Waals surface area contributed by atoms with Crippen LogP contribution in [0.25, 0.3) is 0 Å². The fourth-order valence-electron chi connectivity index (χ4n) is 0.313. The van der Waals surface area contributed by atoms with Crippen molar-refractivity contribution in [1.82, 2.24) is 4.98 Å². The van der Waals surface area contributed by atoms with Gasteiger partial charge in [0.25, 0.3) is 0 Å². The Kier molecular flexibility index (Phi) is 19.4. The van der Waals surface area contributed by atoms with Crippen LogP contribution in [0.2, 0.25) is 0 Å². The number of rotatable bonds is 0. The summed E-state index contributed by atoms with van der Waals surface area (Å²) in [5.74, 6) is -1.08. The van der Waals surface area contributed by atoms with E-state index >= 15 is 0 Å². The van der Waals surface area contributed by atoms with Gasteiger partial charge in [-0.05, 0) is 19.1 Å². The van der Waals surface area contributed by atoms with Gasteiger partial charge in [-0.3, -0.25) is 4.98 Å². The number of nitrogens with zero attached hydrogens (tertiary/aromatic N) is 1. The average molecular weight is 179 g/mol. The van der Waals surface area contributed by atoms with Gasteiger partial charge in [-0.2, -0.15) is 0 Å². The minimum atomic E-state index is -1.08. The van der Waals surface area contributed by atoms with Gasteiger partial charge in [-0.1, -0.05) is 6.07 Å². The van der Waals surface area contributed by atoms with E-state index in [1.54, 1.807) is 12.4 Å². The van der Waals surface area contributed by atoms with Crippen molar-refractivity contribution in [2.24, 2.45) is 0 Å². The molecule has 0 saturated heterocycles. The maximum Gasteiger partial charge on any atom is 1.00 e. The van der Waals surface area contributed by atoms with Crippen molar-refractivity contribution in [2.75, 3.05) is 0 Å². The first-order valence-corrected chi connectivity index (χ1v) is 2.76. The van der Waals surface area contributed by atoms with Gasteiger partial charge in [0.2, 0.25) is 0 Å². The van der Waals surface area contributed by atoms with E-state index < -0.39 is 5.97 Å². The number of carboxylic acids is 1. The SMILES string of the molecule is CC(=O)[O-].O.[Na+].c1ccncc1. The minimum Gasteiger partial charge on any atom is -0.550 e. The van der Waals surface area contributed by atoms with Crippen molar-refractivity contribution in [1.29, 1.82) is 0 Å². The summed E-state index contributed by atoms with van der Waals surface area (Å²) in [6.07, 6.45) is 3.50. The standard InChI is InChI=1S/C5H5N.C2H4O2.Na.H2O/c1-2-4-6-5-3-1;1-2(3)4;;/h1-5H;1H3,(H,3,4);;1H2/q;;+1;/p-1. The summed E-state index contributed by atoms with van der Waals surface area (Å²) in [5, 5.41) is 8.89. The van der Waals surface area contributed by atoms with Crippen molar-refractivity contribution in [3.8, 4) is 0 Å². The number of hydrogen-bond acceptors (Lipinski definition) is 3. The molecule has 4 nitrogen and oxygen atoms in total. The molecule has 0 atom stereocenters. The first-order chi connectivity index (χ1) is 4.73. The van der Waals surface area contributed by atoms with Crippen LogP contribution in [0.5, 0.6) is 0 Å². The van der Waals surface area contributed by atoms with E-state index in [1.165, 1.54) is 0 Å². The van der Waals surface area contributed by atoms with E-state index in [0.29, 0.717) is 0 Å². The molecule has 2 N–H and O–H groups in total. The zero-order valence-corrected chi connectivity index (χ0v) is 9.15. The molecule has 0 aromatic carbocycles. The first-order valence-electron chi connectivity index (χ1n) is 2.76. The van der Waals surface area contributed by atoms with Crippen molar-refractivity contribution >= 4 is 5.97 Å². The van der Waals surface area contributed by atoms with E-state index in [0.717, 1.165) is 6.92 Å². The Morgan fingerprint density at radius 1 is 1.25 bits per heavy atom. The third-order valence-electron chi connectivity index (χ3n) is 0.566. The Hall–Kier alpha value is -0.420. The minimum absolute atomic E-state index is 0. The molecule has 0 aliphatic rings. The van der Waals surface area contributed by atoms with Crippen LogP contribution in [-0.2, 0) is 4.79 Å². The Morgan fingerprint density at radius 2 is 1.58 bits per heavy atom. The fraction of sp³-hybridized carbons (Fsp3) is 0.143.